The van der Waals surface area contributed by atoms with Crippen LogP contribution in [0.3, 0.4) is 0 Å². The third-order valence-electron chi connectivity index (χ3n) is 7.09. The van der Waals surface area contributed by atoms with Gasteiger partial charge in [0.15, 0.2) is 0 Å². The van der Waals surface area contributed by atoms with Gasteiger partial charge in [0.1, 0.15) is 11.6 Å². The van der Waals surface area contributed by atoms with E-state index in [2.05, 4.69) is 13.8 Å². The van der Waals surface area contributed by atoms with Crippen molar-refractivity contribution in [2.75, 3.05) is 0 Å². The molecule has 0 heterocycles. The summed E-state index contributed by atoms with van der Waals surface area (Å²) in [6, 6.07) is 0. The fourth-order valence-electron chi connectivity index (χ4n) is 4.74. The average Bonchev–Trinajstić information content (AvgIpc) is 2.82. The molecule has 0 aromatic heterocycles. The zero-order valence-electron chi connectivity index (χ0n) is 23.2. The molecule has 1 atom stereocenters. The van der Waals surface area contributed by atoms with Crippen LogP contribution in [0.5, 0.6) is 0 Å². The molecule has 0 bridgehead atoms. The van der Waals surface area contributed by atoms with E-state index in [9.17, 15) is 14.7 Å². The second kappa shape index (κ2) is 26.9. The van der Waals surface area contributed by atoms with E-state index in [-0.39, 0.29) is 24.1 Å². The molecule has 0 saturated heterocycles. The van der Waals surface area contributed by atoms with Crippen LogP contribution in [0, 0.1) is 0 Å². The van der Waals surface area contributed by atoms with E-state index in [0.29, 0.717) is 12.8 Å². The fourth-order valence-corrected chi connectivity index (χ4v) is 4.74. The summed E-state index contributed by atoms with van der Waals surface area (Å²) in [5.41, 5.74) is 0. The first-order chi connectivity index (χ1) is 16.6. The predicted molar refractivity (Wildman–Crippen MR) is 147 cm³/mol. The van der Waals surface area contributed by atoms with Gasteiger partial charge in [0.2, 0.25) is 0 Å². The van der Waals surface area contributed by atoms with E-state index in [4.69, 9.17) is 0 Å². The number of aliphatic hydroxyl groups is 1. The highest BCUT2D eigenvalue weighted by molar-refractivity contribution is 5.98. The molecular formula is C31H60O3. The highest BCUT2D eigenvalue weighted by Crippen LogP contribution is 2.15. The van der Waals surface area contributed by atoms with Crippen LogP contribution in [-0.2, 0) is 9.59 Å². The maximum atomic E-state index is 12.0. The Bertz CT molecular complexity index is 446. The summed E-state index contributed by atoms with van der Waals surface area (Å²) in [6.45, 7) is 4.47. The maximum absolute atomic E-state index is 12.0. The zero-order chi connectivity index (χ0) is 25.1. The number of unbranched alkanes of at least 4 members (excludes halogenated alkanes) is 18. The molecule has 0 aliphatic carbocycles. The Balaban J connectivity index is 3.37. The van der Waals surface area contributed by atoms with Crippen LogP contribution in [0.2, 0.25) is 0 Å². The van der Waals surface area contributed by atoms with Crippen LogP contribution in [0.4, 0.5) is 0 Å². The standard InChI is InChI=1S/C31H60O3/c1-3-5-7-9-10-11-12-13-14-18-22-26-30(33)28-31(34)27-23-19-16-15-17-21-25-29(32)24-20-8-6-4-2/h29,32H,3-28H2,1-2H3/t29-/m0/s1. The molecule has 0 aliphatic rings. The van der Waals surface area contributed by atoms with Gasteiger partial charge < -0.3 is 5.11 Å². The molecule has 0 saturated carbocycles. The Morgan fingerprint density at radius 3 is 1.15 bits per heavy atom. The number of Topliss-reactive ketones (excluding diaryl/α,β-unsaturated/α-hetero) is 2. The summed E-state index contributed by atoms with van der Waals surface area (Å²) in [5, 5.41) is 10.00. The lowest BCUT2D eigenvalue weighted by molar-refractivity contribution is -0.127. The number of rotatable bonds is 28. The largest absolute Gasteiger partial charge is 0.393 e. The van der Waals surface area contributed by atoms with Gasteiger partial charge in [-0.25, -0.2) is 0 Å². The van der Waals surface area contributed by atoms with Crippen molar-refractivity contribution < 1.29 is 14.7 Å². The molecule has 3 heteroatoms. The molecule has 0 aromatic rings. The Morgan fingerprint density at radius 1 is 0.471 bits per heavy atom. The van der Waals surface area contributed by atoms with Gasteiger partial charge in [0.05, 0.1) is 12.5 Å². The molecule has 0 unspecified atom stereocenters. The molecule has 202 valence electrons. The predicted octanol–water partition coefficient (Wildman–Crippen LogP) is 9.67. The monoisotopic (exact) mass is 480 g/mol. The van der Waals surface area contributed by atoms with Gasteiger partial charge in [-0.3, -0.25) is 9.59 Å². The molecular weight excluding hydrogens is 420 g/mol. The van der Waals surface area contributed by atoms with E-state index in [1.54, 1.807) is 0 Å². The van der Waals surface area contributed by atoms with Crippen molar-refractivity contribution >= 4 is 11.6 Å². The molecule has 0 aliphatic heterocycles. The van der Waals surface area contributed by atoms with E-state index >= 15 is 0 Å². The minimum Gasteiger partial charge on any atom is -0.393 e. The molecule has 1 N–H and O–H groups in total. The highest BCUT2D eigenvalue weighted by Gasteiger charge is 2.09. The minimum absolute atomic E-state index is 0.114. The molecule has 34 heavy (non-hydrogen) atoms. The number of aliphatic hydroxyl groups excluding tert-OH is 1. The molecule has 0 aromatic carbocycles. The van der Waals surface area contributed by atoms with Crippen LogP contribution in [0.25, 0.3) is 0 Å². The van der Waals surface area contributed by atoms with Crippen molar-refractivity contribution in [2.24, 2.45) is 0 Å². The number of ketones is 2. The molecule has 0 fully saturated rings. The van der Waals surface area contributed by atoms with Gasteiger partial charge in [-0.1, -0.05) is 136 Å². The highest BCUT2D eigenvalue weighted by atomic mass is 16.3. The van der Waals surface area contributed by atoms with Crippen molar-refractivity contribution in [1.29, 1.82) is 0 Å². The van der Waals surface area contributed by atoms with Crippen LogP contribution >= 0.6 is 0 Å². The van der Waals surface area contributed by atoms with E-state index in [1.165, 1.54) is 89.9 Å². The molecule has 0 amide bonds. The SMILES string of the molecule is CCCCCCCCCCCCCC(=O)CC(=O)CCCCCCCC[C@@H](O)CCCCCC. The lowest BCUT2D eigenvalue weighted by Crippen LogP contribution is -2.07. The Labute approximate surface area is 213 Å². The molecule has 0 spiro atoms. The van der Waals surface area contributed by atoms with Gasteiger partial charge in [0, 0.05) is 12.8 Å². The smallest absolute Gasteiger partial charge is 0.140 e. The Morgan fingerprint density at radius 2 is 0.765 bits per heavy atom. The van der Waals surface area contributed by atoms with Gasteiger partial charge >= 0.3 is 0 Å². The summed E-state index contributed by atoms with van der Waals surface area (Å²) in [5.74, 6) is 0.286. The second-order valence-corrected chi connectivity index (χ2v) is 10.7. The fraction of sp³-hybridized carbons (Fsp3) is 0.935. The average molecular weight is 481 g/mol. The molecule has 0 rings (SSSR count). The third kappa shape index (κ3) is 25.9. The number of carbonyl (C=O) groups excluding carboxylic acids is 2. The number of hydrogen-bond donors (Lipinski definition) is 1. The van der Waals surface area contributed by atoms with E-state index in [0.717, 1.165) is 57.8 Å². The quantitative estimate of drug-likeness (QED) is 0.0895. The zero-order valence-corrected chi connectivity index (χ0v) is 23.2. The van der Waals surface area contributed by atoms with Crippen LogP contribution in [0.1, 0.15) is 181 Å². The van der Waals surface area contributed by atoms with Gasteiger partial charge in [-0.15, -0.1) is 0 Å². The summed E-state index contributed by atoms with van der Waals surface area (Å²) < 4.78 is 0. The number of hydrogen-bond acceptors (Lipinski definition) is 3. The van der Waals surface area contributed by atoms with Crippen LogP contribution in [0.15, 0.2) is 0 Å². The number of carbonyl (C=O) groups is 2. The van der Waals surface area contributed by atoms with E-state index in [1.807, 2.05) is 0 Å². The molecule has 3 nitrogen and oxygen atoms in total. The minimum atomic E-state index is -0.114. The van der Waals surface area contributed by atoms with Crippen molar-refractivity contribution in [1.82, 2.24) is 0 Å². The lowest BCUT2D eigenvalue weighted by atomic mass is 10.0. The third-order valence-corrected chi connectivity index (χ3v) is 7.09. The Kier molecular flexibility index (Phi) is 26.3. The van der Waals surface area contributed by atoms with Crippen molar-refractivity contribution in [3.63, 3.8) is 0 Å². The topological polar surface area (TPSA) is 54.4 Å². The summed E-state index contributed by atoms with van der Waals surface area (Å²) in [6.07, 6.45) is 28.8. The first-order valence-electron chi connectivity index (χ1n) is 15.3. The summed E-state index contributed by atoms with van der Waals surface area (Å²) in [7, 11) is 0. The normalized spacial score (nSPS) is 12.2. The van der Waals surface area contributed by atoms with Crippen LogP contribution in [-0.4, -0.2) is 22.8 Å². The van der Waals surface area contributed by atoms with Crippen LogP contribution < -0.4 is 0 Å². The first-order valence-corrected chi connectivity index (χ1v) is 15.3. The Hall–Kier alpha value is -0.700. The van der Waals surface area contributed by atoms with E-state index < -0.39 is 0 Å². The van der Waals surface area contributed by atoms with Crippen molar-refractivity contribution in [3.05, 3.63) is 0 Å². The summed E-state index contributed by atoms with van der Waals surface area (Å²) in [4.78, 5) is 24.1. The van der Waals surface area contributed by atoms with Gasteiger partial charge in [0.25, 0.3) is 0 Å². The lowest BCUT2D eigenvalue weighted by Gasteiger charge is -2.10. The second-order valence-electron chi connectivity index (χ2n) is 10.7. The van der Waals surface area contributed by atoms with Crippen molar-refractivity contribution in [3.8, 4) is 0 Å². The maximum Gasteiger partial charge on any atom is 0.140 e. The van der Waals surface area contributed by atoms with Gasteiger partial charge in [-0.05, 0) is 25.7 Å². The first kappa shape index (κ1) is 33.3. The van der Waals surface area contributed by atoms with Gasteiger partial charge in [-0.2, -0.15) is 0 Å². The summed E-state index contributed by atoms with van der Waals surface area (Å²) >= 11 is 0. The van der Waals surface area contributed by atoms with Crippen molar-refractivity contribution in [2.45, 2.75) is 187 Å². The molecule has 0 radical (unpaired) electrons.